The first kappa shape index (κ1) is 14.1. The molecule has 0 aromatic heterocycles. The van der Waals surface area contributed by atoms with E-state index < -0.39 is 0 Å². The summed E-state index contributed by atoms with van der Waals surface area (Å²) in [5, 5.41) is 9.29. The van der Waals surface area contributed by atoms with Gasteiger partial charge < -0.3 is 5.11 Å². The van der Waals surface area contributed by atoms with Gasteiger partial charge in [0.15, 0.2) is 0 Å². The Bertz CT molecular complexity index is 552. The zero-order chi connectivity index (χ0) is 14.4. The normalized spacial score (nSPS) is 11.8. The van der Waals surface area contributed by atoms with E-state index in [1.54, 1.807) is 24.3 Å². The molecule has 0 fully saturated rings. The minimum Gasteiger partial charge on any atom is -0.508 e. The summed E-state index contributed by atoms with van der Waals surface area (Å²) in [5.41, 5.74) is 7.36. The highest BCUT2D eigenvalue weighted by Gasteiger charge is 2.11. The summed E-state index contributed by atoms with van der Waals surface area (Å²) in [5.74, 6) is 0.0692. The fourth-order valence-electron chi connectivity index (χ4n) is 1.94. The van der Waals surface area contributed by atoms with E-state index in [2.05, 4.69) is 10.9 Å². The van der Waals surface area contributed by atoms with Crippen LogP contribution in [0, 0.1) is 0 Å². The number of carbonyl (C=O) groups is 1. The largest absolute Gasteiger partial charge is 0.508 e. The van der Waals surface area contributed by atoms with Crippen molar-refractivity contribution in [3.05, 3.63) is 65.7 Å². The highest BCUT2D eigenvalue weighted by molar-refractivity contribution is 5.93. The van der Waals surface area contributed by atoms with Gasteiger partial charge in [-0.25, -0.2) is 5.43 Å². The lowest BCUT2D eigenvalue weighted by molar-refractivity contribution is 0.0924. The van der Waals surface area contributed by atoms with Crippen LogP contribution in [0.4, 0.5) is 0 Å². The second kappa shape index (κ2) is 6.73. The lowest BCUT2D eigenvalue weighted by Crippen LogP contribution is -2.39. The van der Waals surface area contributed by atoms with Crippen molar-refractivity contribution in [1.82, 2.24) is 10.9 Å². The van der Waals surface area contributed by atoms with Crippen LogP contribution in [0.2, 0.25) is 0 Å². The van der Waals surface area contributed by atoms with E-state index in [4.69, 9.17) is 0 Å². The number of rotatable bonds is 5. The Labute approximate surface area is 118 Å². The second-order valence-corrected chi connectivity index (χ2v) is 4.52. The van der Waals surface area contributed by atoms with E-state index in [0.717, 1.165) is 12.0 Å². The van der Waals surface area contributed by atoms with Crippen molar-refractivity contribution in [1.29, 1.82) is 0 Å². The molecule has 4 nitrogen and oxygen atoms in total. The number of aromatic hydroxyl groups is 1. The SMILES string of the molecule is CC[C@H](NNC(=O)c1ccccc1)c1ccc(O)cc1. The summed E-state index contributed by atoms with van der Waals surface area (Å²) >= 11 is 0. The number of nitrogens with one attached hydrogen (secondary N) is 2. The Morgan fingerprint density at radius 2 is 1.75 bits per heavy atom. The molecule has 0 saturated heterocycles. The molecule has 20 heavy (non-hydrogen) atoms. The number of phenols is 1. The van der Waals surface area contributed by atoms with Crippen LogP contribution in [0.25, 0.3) is 0 Å². The van der Waals surface area contributed by atoms with Crippen LogP contribution < -0.4 is 10.9 Å². The van der Waals surface area contributed by atoms with Gasteiger partial charge in [-0.3, -0.25) is 10.2 Å². The maximum absolute atomic E-state index is 11.9. The maximum atomic E-state index is 11.9. The molecule has 0 aliphatic heterocycles. The van der Waals surface area contributed by atoms with Gasteiger partial charge in [0, 0.05) is 5.56 Å². The predicted octanol–water partition coefficient (Wildman–Crippen LogP) is 2.78. The van der Waals surface area contributed by atoms with Crippen molar-refractivity contribution in [2.75, 3.05) is 0 Å². The molecule has 0 aliphatic carbocycles. The van der Waals surface area contributed by atoms with Crippen molar-refractivity contribution < 1.29 is 9.90 Å². The van der Waals surface area contributed by atoms with Crippen LogP contribution in [0.3, 0.4) is 0 Å². The summed E-state index contributed by atoms with van der Waals surface area (Å²) in [6.45, 7) is 2.03. The van der Waals surface area contributed by atoms with Gasteiger partial charge in [0.1, 0.15) is 5.75 Å². The minimum absolute atomic E-state index is 0.00302. The minimum atomic E-state index is -0.164. The maximum Gasteiger partial charge on any atom is 0.265 e. The van der Waals surface area contributed by atoms with Crippen LogP contribution in [-0.4, -0.2) is 11.0 Å². The number of hydrazine groups is 1. The molecule has 2 rings (SSSR count). The second-order valence-electron chi connectivity index (χ2n) is 4.52. The topological polar surface area (TPSA) is 61.4 Å². The molecule has 0 radical (unpaired) electrons. The molecule has 0 spiro atoms. The standard InChI is InChI=1S/C16H18N2O2/c1-2-15(12-8-10-14(19)11-9-12)17-18-16(20)13-6-4-3-5-7-13/h3-11,15,17,19H,2H2,1H3,(H,18,20)/t15-/m0/s1. The Kier molecular flexibility index (Phi) is 4.74. The molecule has 1 amide bonds. The van der Waals surface area contributed by atoms with Gasteiger partial charge in [-0.15, -0.1) is 0 Å². The average molecular weight is 270 g/mol. The number of hydrogen-bond acceptors (Lipinski definition) is 3. The molecule has 1 atom stereocenters. The Hall–Kier alpha value is -2.33. The van der Waals surface area contributed by atoms with E-state index in [-0.39, 0.29) is 17.7 Å². The Morgan fingerprint density at radius 3 is 2.35 bits per heavy atom. The van der Waals surface area contributed by atoms with E-state index in [1.807, 2.05) is 37.3 Å². The molecule has 0 saturated carbocycles. The highest BCUT2D eigenvalue weighted by Crippen LogP contribution is 2.18. The smallest absolute Gasteiger partial charge is 0.265 e. The lowest BCUT2D eigenvalue weighted by atomic mass is 10.1. The number of phenolic OH excluding ortho intramolecular Hbond substituents is 1. The third kappa shape index (κ3) is 3.59. The van der Waals surface area contributed by atoms with Gasteiger partial charge in [-0.05, 0) is 36.2 Å². The molecular formula is C16H18N2O2. The molecule has 0 bridgehead atoms. The molecule has 0 heterocycles. The molecule has 4 heteroatoms. The number of amides is 1. The van der Waals surface area contributed by atoms with Crippen LogP contribution in [0.15, 0.2) is 54.6 Å². The van der Waals surface area contributed by atoms with Gasteiger partial charge in [0.2, 0.25) is 0 Å². The first-order valence-electron chi connectivity index (χ1n) is 6.60. The van der Waals surface area contributed by atoms with Crippen LogP contribution in [0.5, 0.6) is 5.75 Å². The van der Waals surface area contributed by atoms with Crippen molar-refractivity contribution >= 4 is 5.91 Å². The molecule has 2 aromatic carbocycles. The van der Waals surface area contributed by atoms with Crippen molar-refractivity contribution in [3.8, 4) is 5.75 Å². The summed E-state index contributed by atoms with van der Waals surface area (Å²) in [7, 11) is 0. The average Bonchev–Trinajstić information content (AvgIpc) is 2.50. The Balaban J connectivity index is 1.97. The van der Waals surface area contributed by atoms with Crippen LogP contribution in [-0.2, 0) is 0 Å². The number of benzene rings is 2. The van der Waals surface area contributed by atoms with E-state index in [0.29, 0.717) is 5.56 Å². The quantitative estimate of drug-likeness (QED) is 0.732. The van der Waals surface area contributed by atoms with Crippen molar-refractivity contribution in [3.63, 3.8) is 0 Å². The first-order chi connectivity index (χ1) is 9.70. The van der Waals surface area contributed by atoms with Gasteiger partial charge in [0.25, 0.3) is 5.91 Å². The van der Waals surface area contributed by atoms with E-state index in [9.17, 15) is 9.90 Å². The van der Waals surface area contributed by atoms with Crippen molar-refractivity contribution in [2.24, 2.45) is 0 Å². The monoisotopic (exact) mass is 270 g/mol. The predicted molar refractivity (Wildman–Crippen MR) is 78.2 cm³/mol. The third-order valence-corrected chi connectivity index (χ3v) is 3.10. The fraction of sp³-hybridized carbons (Fsp3) is 0.188. The van der Waals surface area contributed by atoms with Gasteiger partial charge >= 0.3 is 0 Å². The highest BCUT2D eigenvalue weighted by atomic mass is 16.3. The summed E-state index contributed by atoms with van der Waals surface area (Å²) in [6, 6.07) is 16.0. The van der Waals surface area contributed by atoms with Gasteiger partial charge in [-0.2, -0.15) is 0 Å². The third-order valence-electron chi connectivity index (χ3n) is 3.10. The van der Waals surface area contributed by atoms with Crippen LogP contribution in [0.1, 0.15) is 35.3 Å². The summed E-state index contributed by atoms with van der Waals surface area (Å²) < 4.78 is 0. The summed E-state index contributed by atoms with van der Waals surface area (Å²) in [6.07, 6.45) is 0.819. The number of carbonyl (C=O) groups excluding carboxylic acids is 1. The Morgan fingerprint density at radius 1 is 1.10 bits per heavy atom. The fourth-order valence-corrected chi connectivity index (χ4v) is 1.94. The van der Waals surface area contributed by atoms with Gasteiger partial charge in [-0.1, -0.05) is 37.3 Å². The molecule has 104 valence electrons. The molecule has 3 N–H and O–H groups in total. The molecule has 0 aliphatic rings. The number of hydrogen-bond donors (Lipinski definition) is 3. The van der Waals surface area contributed by atoms with E-state index in [1.165, 1.54) is 0 Å². The molecule has 2 aromatic rings. The van der Waals surface area contributed by atoms with E-state index >= 15 is 0 Å². The van der Waals surface area contributed by atoms with Crippen LogP contribution >= 0.6 is 0 Å². The zero-order valence-corrected chi connectivity index (χ0v) is 11.3. The molecular weight excluding hydrogens is 252 g/mol. The zero-order valence-electron chi connectivity index (χ0n) is 11.3. The summed E-state index contributed by atoms with van der Waals surface area (Å²) in [4.78, 5) is 11.9. The first-order valence-corrected chi connectivity index (χ1v) is 6.60. The van der Waals surface area contributed by atoms with Crippen molar-refractivity contribution in [2.45, 2.75) is 19.4 Å². The lowest BCUT2D eigenvalue weighted by Gasteiger charge is -2.18. The van der Waals surface area contributed by atoms with Gasteiger partial charge in [0.05, 0.1) is 6.04 Å². The molecule has 0 unspecified atom stereocenters.